The van der Waals surface area contributed by atoms with Gasteiger partial charge in [0.25, 0.3) is 10.0 Å². The largest absolute Gasteiger partial charge is 0.495 e. The number of benzene rings is 2. The number of ether oxygens (including phenoxy) is 1. The van der Waals surface area contributed by atoms with E-state index >= 15 is 0 Å². The summed E-state index contributed by atoms with van der Waals surface area (Å²) in [5.41, 5.74) is 0.588. The first kappa shape index (κ1) is 19.1. The minimum absolute atomic E-state index is 0.0900. The van der Waals surface area contributed by atoms with Crippen molar-refractivity contribution in [2.45, 2.75) is 4.90 Å². The molecule has 0 aliphatic rings. The number of thioether (sulfide) groups is 1. The lowest BCUT2D eigenvalue weighted by atomic mass is 10.2. The fraction of sp³-hybridized carbons (Fsp3) is 0.188. The molecule has 2 aromatic rings. The number of amides is 1. The third kappa shape index (κ3) is 5.10. The predicted octanol–water partition coefficient (Wildman–Crippen LogP) is 2.94. The Labute approximate surface area is 149 Å². The van der Waals surface area contributed by atoms with E-state index in [9.17, 15) is 17.6 Å². The van der Waals surface area contributed by atoms with E-state index in [0.717, 1.165) is 24.3 Å². The molecule has 2 N–H and O–H groups in total. The van der Waals surface area contributed by atoms with Crippen LogP contribution in [-0.4, -0.2) is 33.4 Å². The van der Waals surface area contributed by atoms with E-state index in [0.29, 0.717) is 5.69 Å². The van der Waals surface area contributed by atoms with Crippen molar-refractivity contribution in [3.05, 3.63) is 48.3 Å². The molecule has 25 heavy (non-hydrogen) atoms. The van der Waals surface area contributed by atoms with Crippen LogP contribution in [-0.2, 0) is 14.8 Å². The molecular formula is C16H17FN2O4S2. The zero-order valence-corrected chi connectivity index (χ0v) is 15.2. The molecule has 0 aliphatic heterocycles. The van der Waals surface area contributed by atoms with Crippen LogP contribution in [0.25, 0.3) is 0 Å². The molecule has 0 atom stereocenters. The lowest BCUT2D eigenvalue weighted by Gasteiger charge is -2.14. The highest BCUT2D eigenvalue weighted by atomic mass is 32.2. The highest BCUT2D eigenvalue weighted by molar-refractivity contribution is 7.99. The van der Waals surface area contributed by atoms with Crippen molar-refractivity contribution < 1.29 is 22.3 Å². The zero-order chi connectivity index (χ0) is 18.4. The standard InChI is InChI=1S/C16H17FN2O4S2/c1-23-15-8-5-12(18-16(20)10-24-2)9-14(15)19-25(21,22)13-6-3-11(17)4-7-13/h3-9,19H,10H2,1-2H3,(H,18,20). The van der Waals surface area contributed by atoms with Crippen LogP contribution >= 0.6 is 11.8 Å². The number of carbonyl (C=O) groups is 1. The molecule has 134 valence electrons. The lowest BCUT2D eigenvalue weighted by molar-refractivity contribution is -0.113. The second-order valence-corrected chi connectivity index (χ2v) is 7.50. The maximum absolute atomic E-state index is 13.0. The van der Waals surface area contributed by atoms with Crippen molar-refractivity contribution in [3.8, 4) is 5.75 Å². The van der Waals surface area contributed by atoms with Gasteiger partial charge in [-0.15, -0.1) is 0 Å². The highest BCUT2D eigenvalue weighted by Gasteiger charge is 2.17. The van der Waals surface area contributed by atoms with Crippen LogP contribution in [0, 0.1) is 5.82 Å². The van der Waals surface area contributed by atoms with Crippen molar-refractivity contribution in [2.75, 3.05) is 29.2 Å². The Morgan fingerprint density at radius 3 is 2.48 bits per heavy atom. The van der Waals surface area contributed by atoms with Gasteiger partial charge in [-0.2, -0.15) is 11.8 Å². The predicted molar refractivity (Wildman–Crippen MR) is 97.2 cm³/mol. The molecule has 0 bridgehead atoms. The molecule has 9 heteroatoms. The number of nitrogens with one attached hydrogen (secondary N) is 2. The molecule has 2 aromatic carbocycles. The first-order valence-electron chi connectivity index (χ1n) is 7.11. The fourth-order valence-corrected chi connectivity index (χ4v) is 3.41. The Balaban J connectivity index is 2.30. The summed E-state index contributed by atoms with van der Waals surface area (Å²) in [4.78, 5) is 11.6. The maximum atomic E-state index is 13.0. The summed E-state index contributed by atoms with van der Waals surface area (Å²) in [5, 5.41) is 2.67. The lowest BCUT2D eigenvalue weighted by Crippen LogP contribution is -2.16. The van der Waals surface area contributed by atoms with Gasteiger partial charge in [-0.1, -0.05) is 0 Å². The molecule has 0 aliphatic carbocycles. The van der Waals surface area contributed by atoms with E-state index in [1.54, 1.807) is 12.3 Å². The quantitative estimate of drug-likeness (QED) is 0.767. The molecule has 0 radical (unpaired) electrons. The monoisotopic (exact) mass is 384 g/mol. The van der Waals surface area contributed by atoms with E-state index in [1.165, 1.54) is 31.0 Å². The van der Waals surface area contributed by atoms with Gasteiger partial charge < -0.3 is 10.1 Å². The van der Waals surface area contributed by atoms with Crippen LogP contribution in [0.3, 0.4) is 0 Å². The van der Waals surface area contributed by atoms with Gasteiger partial charge in [0.1, 0.15) is 11.6 Å². The van der Waals surface area contributed by atoms with Crippen molar-refractivity contribution in [1.82, 2.24) is 0 Å². The van der Waals surface area contributed by atoms with E-state index in [1.807, 2.05) is 0 Å². The highest BCUT2D eigenvalue weighted by Crippen LogP contribution is 2.30. The molecule has 0 saturated heterocycles. The Morgan fingerprint density at radius 2 is 1.88 bits per heavy atom. The van der Waals surface area contributed by atoms with Crippen LogP contribution < -0.4 is 14.8 Å². The summed E-state index contributed by atoms with van der Waals surface area (Å²) in [6.45, 7) is 0. The Morgan fingerprint density at radius 1 is 1.20 bits per heavy atom. The average Bonchev–Trinajstić information content (AvgIpc) is 2.55. The van der Waals surface area contributed by atoms with Crippen molar-refractivity contribution >= 4 is 39.1 Å². The molecule has 0 saturated carbocycles. The van der Waals surface area contributed by atoms with Gasteiger partial charge in [0.15, 0.2) is 0 Å². The van der Waals surface area contributed by atoms with Crippen LogP contribution in [0.5, 0.6) is 5.75 Å². The van der Waals surface area contributed by atoms with Crippen LogP contribution in [0.1, 0.15) is 0 Å². The van der Waals surface area contributed by atoms with Gasteiger partial charge in [0.2, 0.25) is 5.91 Å². The molecule has 0 fully saturated rings. The molecular weight excluding hydrogens is 367 g/mol. The van der Waals surface area contributed by atoms with Crippen molar-refractivity contribution in [2.24, 2.45) is 0 Å². The number of carbonyl (C=O) groups excluding carboxylic acids is 1. The fourth-order valence-electron chi connectivity index (χ4n) is 2.01. The number of hydrogen-bond acceptors (Lipinski definition) is 5. The summed E-state index contributed by atoms with van der Waals surface area (Å²) in [7, 11) is -2.53. The number of rotatable bonds is 7. The Hall–Kier alpha value is -2.26. The van der Waals surface area contributed by atoms with Gasteiger partial charge in [-0.25, -0.2) is 12.8 Å². The number of sulfonamides is 1. The zero-order valence-electron chi connectivity index (χ0n) is 13.6. The number of hydrogen-bond donors (Lipinski definition) is 2. The summed E-state index contributed by atoms with van der Waals surface area (Å²) in [6, 6.07) is 9.04. The first-order valence-corrected chi connectivity index (χ1v) is 9.98. The minimum Gasteiger partial charge on any atom is -0.495 e. The van der Waals surface area contributed by atoms with E-state index in [4.69, 9.17) is 4.74 Å². The molecule has 6 nitrogen and oxygen atoms in total. The molecule has 0 spiro atoms. The number of halogens is 1. The normalized spacial score (nSPS) is 11.0. The van der Waals surface area contributed by atoms with Gasteiger partial charge in [0, 0.05) is 5.69 Å². The minimum atomic E-state index is -3.93. The van der Waals surface area contributed by atoms with Gasteiger partial charge in [-0.05, 0) is 48.7 Å². The summed E-state index contributed by atoms with van der Waals surface area (Å²) >= 11 is 1.37. The van der Waals surface area contributed by atoms with Crippen LogP contribution in [0.4, 0.5) is 15.8 Å². The van der Waals surface area contributed by atoms with E-state index in [2.05, 4.69) is 10.0 Å². The summed E-state index contributed by atoms with van der Waals surface area (Å²) < 4.78 is 45.4. The number of anilines is 2. The molecule has 0 unspecified atom stereocenters. The van der Waals surface area contributed by atoms with Crippen molar-refractivity contribution in [3.63, 3.8) is 0 Å². The van der Waals surface area contributed by atoms with Crippen LogP contribution in [0.15, 0.2) is 47.4 Å². The van der Waals surface area contributed by atoms with Gasteiger partial charge in [-0.3, -0.25) is 9.52 Å². The maximum Gasteiger partial charge on any atom is 0.262 e. The second kappa shape index (κ2) is 8.21. The smallest absolute Gasteiger partial charge is 0.262 e. The van der Waals surface area contributed by atoms with E-state index in [-0.39, 0.29) is 28.0 Å². The summed E-state index contributed by atoms with van der Waals surface area (Å²) in [5.74, 6) is -0.170. The van der Waals surface area contributed by atoms with Crippen LogP contribution in [0.2, 0.25) is 0 Å². The Kier molecular flexibility index (Phi) is 6.27. The second-order valence-electron chi connectivity index (χ2n) is 4.96. The average molecular weight is 384 g/mol. The summed E-state index contributed by atoms with van der Waals surface area (Å²) in [6.07, 6.45) is 1.80. The first-order chi connectivity index (χ1) is 11.9. The van der Waals surface area contributed by atoms with Gasteiger partial charge in [0.05, 0.1) is 23.4 Å². The number of methoxy groups -OCH3 is 1. The third-order valence-electron chi connectivity index (χ3n) is 3.13. The SMILES string of the molecule is COc1ccc(NC(=O)CSC)cc1NS(=O)(=O)c1ccc(F)cc1. The molecule has 0 heterocycles. The Bertz CT molecular complexity index is 855. The van der Waals surface area contributed by atoms with Crippen molar-refractivity contribution in [1.29, 1.82) is 0 Å². The molecule has 0 aromatic heterocycles. The van der Waals surface area contributed by atoms with Gasteiger partial charge >= 0.3 is 0 Å². The molecule has 2 rings (SSSR count). The topological polar surface area (TPSA) is 84.5 Å². The molecule has 1 amide bonds. The van der Waals surface area contributed by atoms with E-state index < -0.39 is 15.8 Å². The third-order valence-corrected chi connectivity index (χ3v) is 5.06.